The highest BCUT2D eigenvalue weighted by Gasteiger charge is 2.15. The van der Waals surface area contributed by atoms with Gasteiger partial charge in [-0.05, 0) is 17.7 Å². The second kappa shape index (κ2) is 9.61. The lowest BCUT2D eigenvalue weighted by molar-refractivity contribution is -0.116. The number of benzene rings is 2. The number of ether oxygens (including phenoxy) is 1. The summed E-state index contributed by atoms with van der Waals surface area (Å²) in [4.78, 5) is 40.0. The first-order valence-electron chi connectivity index (χ1n) is 8.83. The lowest BCUT2D eigenvalue weighted by atomic mass is 10.1. The minimum absolute atomic E-state index is 0.0405. The molecule has 8 heteroatoms. The second-order valence-electron chi connectivity index (χ2n) is 6.16. The smallest absolute Gasteiger partial charge is 0.340 e. The third kappa shape index (κ3) is 5.98. The van der Waals surface area contributed by atoms with E-state index in [1.807, 2.05) is 30.3 Å². The Balaban J connectivity index is 1.61. The number of para-hydroxylation sites is 1. The summed E-state index contributed by atoms with van der Waals surface area (Å²) >= 11 is 1.25. The highest BCUT2D eigenvalue weighted by molar-refractivity contribution is 7.13. The molecule has 2 N–H and O–H groups in total. The van der Waals surface area contributed by atoms with Crippen molar-refractivity contribution in [1.29, 1.82) is 0 Å². The van der Waals surface area contributed by atoms with Gasteiger partial charge in [-0.15, -0.1) is 11.3 Å². The first-order valence-corrected chi connectivity index (χ1v) is 9.71. The minimum Gasteiger partial charge on any atom is -0.455 e. The highest BCUT2D eigenvalue weighted by atomic mass is 32.1. The van der Waals surface area contributed by atoms with E-state index >= 15 is 0 Å². The zero-order valence-corrected chi connectivity index (χ0v) is 16.5. The van der Waals surface area contributed by atoms with Crippen molar-refractivity contribution in [3.63, 3.8) is 0 Å². The Morgan fingerprint density at radius 3 is 2.48 bits per heavy atom. The lowest BCUT2D eigenvalue weighted by Crippen LogP contribution is -2.17. The number of amides is 2. The first-order chi connectivity index (χ1) is 14.0. The van der Waals surface area contributed by atoms with E-state index in [1.54, 1.807) is 29.6 Å². The number of hydrogen-bond acceptors (Lipinski definition) is 6. The van der Waals surface area contributed by atoms with Gasteiger partial charge in [0.1, 0.15) is 6.61 Å². The molecule has 1 heterocycles. The van der Waals surface area contributed by atoms with Gasteiger partial charge < -0.3 is 15.4 Å². The van der Waals surface area contributed by atoms with E-state index in [-0.39, 0.29) is 30.4 Å². The number of nitrogens with one attached hydrogen (secondary N) is 2. The molecule has 0 radical (unpaired) electrons. The average molecular weight is 409 g/mol. The normalized spacial score (nSPS) is 10.2. The summed E-state index contributed by atoms with van der Waals surface area (Å²) < 4.78 is 5.31. The first kappa shape index (κ1) is 20.2. The standard InChI is InChI=1S/C21H19N3O4S/c1-14(25)22-21-23-16(13-29-21)12-28-20(27)17-9-5-6-10-18(17)24-19(26)11-15-7-3-2-4-8-15/h2-10,13H,11-12H2,1H3,(H,24,26)(H,22,23,25). The van der Waals surface area contributed by atoms with Crippen LogP contribution >= 0.6 is 11.3 Å². The predicted molar refractivity (Wildman–Crippen MR) is 111 cm³/mol. The third-order valence-corrected chi connectivity index (χ3v) is 4.62. The molecular formula is C21H19N3O4S. The Labute approximate surface area is 171 Å². The van der Waals surface area contributed by atoms with Crippen LogP contribution in [0.4, 0.5) is 10.8 Å². The molecule has 0 saturated carbocycles. The van der Waals surface area contributed by atoms with Gasteiger partial charge in [-0.1, -0.05) is 42.5 Å². The summed E-state index contributed by atoms with van der Waals surface area (Å²) in [6.07, 6.45) is 0.203. The van der Waals surface area contributed by atoms with Crippen LogP contribution in [-0.4, -0.2) is 22.8 Å². The molecule has 3 aromatic rings. The van der Waals surface area contributed by atoms with Crippen LogP contribution in [0.25, 0.3) is 0 Å². The summed E-state index contributed by atoms with van der Waals surface area (Å²) in [5.74, 6) is -1.02. The number of aromatic nitrogens is 1. The Kier molecular flexibility index (Phi) is 6.70. The van der Waals surface area contributed by atoms with E-state index in [0.29, 0.717) is 16.5 Å². The Hall–Kier alpha value is -3.52. The van der Waals surface area contributed by atoms with Crippen LogP contribution < -0.4 is 10.6 Å². The van der Waals surface area contributed by atoms with Crippen LogP contribution in [0.1, 0.15) is 28.5 Å². The van der Waals surface area contributed by atoms with Crippen molar-refractivity contribution < 1.29 is 19.1 Å². The molecule has 0 aliphatic rings. The maximum absolute atomic E-state index is 12.5. The van der Waals surface area contributed by atoms with Crippen LogP contribution in [0, 0.1) is 0 Å². The van der Waals surface area contributed by atoms with Gasteiger partial charge in [0.05, 0.1) is 23.4 Å². The summed E-state index contributed by atoms with van der Waals surface area (Å²) in [6.45, 7) is 1.35. The third-order valence-electron chi connectivity index (χ3n) is 3.81. The van der Waals surface area contributed by atoms with Crippen molar-refractivity contribution in [2.24, 2.45) is 0 Å². The Morgan fingerprint density at radius 2 is 1.72 bits per heavy atom. The second-order valence-corrected chi connectivity index (χ2v) is 7.02. The van der Waals surface area contributed by atoms with Gasteiger partial charge in [0.15, 0.2) is 5.13 Å². The maximum Gasteiger partial charge on any atom is 0.340 e. The number of esters is 1. The van der Waals surface area contributed by atoms with Crippen molar-refractivity contribution in [3.8, 4) is 0 Å². The van der Waals surface area contributed by atoms with Crippen molar-refractivity contribution in [3.05, 3.63) is 76.8 Å². The van der Waals surface area contributed by atoms with E-state index in [9.17, 15) is 14.4 Å². The van der Waals surface area contributed by atoms with Crippen molar-refractivity contribution in [2.75, 3.05) is 10.6 Å². The lowest BCUT2D eigenvalue weighted by Gasteiger charge is -2.10. The van der Waals surface area contributed by atoms with Gasteiger partial charge in [-0.2, -0.15) is 0 Å². The summed E-state index contributed by atoms with van der Waals surface area (Å²) in [6, 6.07) is 16.0. The van der Waals surface area contributed by atoms with Gasteiger partial charge >= 0.3 is 5.97 Å². The topological polar surface area (TPSA) is 97.4 Å². The number of rotatable bonds is 7. The molecule has 0 saturated heterocycles. The minimum atomic E-state index is -0.574. The van der Waals surface area contributed by atoms with E-state index in [1.165, 1.54) is 18.3 Å². The highest BCUT2D eigenvalue weighted by Crippen LogP contribution is 2.19. The molecular weight excluding hydrogens is 390 g/mol. The largest absolute Gasteiger partial charge is 0.455 e. The number of carbonyl (C=O) groups is 3. The summed E-state index contributed by atoms with van der Waals surface area (Å²) in [5, 5.41) is 7.48. The van der Waals surface area contributed by atoms with E-state index < -0.39 is 5.97 Å². The zero-order chi connectivity index (χ0) is 20.6. The molecule has 148 valence electrons. The predicted octanol–water partition coefficient (Wildman–Crippen LogP) is 3.64. The fourth-order valence-corrected chi connectivity index (χ4v) is 3.29. The van der Waals surface area contributed by atoms with Gasteiger partial charge in [0.2, 0.25) is 11.8 Å². The molecule has 7 nitrogen and oxygen atoms in total. The molecule has 0 bridgehead atoms. The maximum atomic E-state index is 12.5. The number of nitrogens with zero attached hydrogens (tertiary/aromatic N) is 1. The molecule has 0 aliphatic carbocycles. The fourth-order valence-electron chi connectivity index (χ4n) is 2.54. The zero-order valence-electron chi connectivity index (χ0n) is 15.7. The number of anilines is 2. The quantitative estimate of drug-likeness (QED) is 0.581. The molecule has 1 aromatic heterocycles. The molecule has 0 fully saturated rings. The monoisotopic (exact) mass is 409 g/mol. The van der Waals surface area contributed by atoms with Gasteiger partial charge in [-0.25, -0.2) is 9.78 Å². The van der Waals surface area contributed by atoms with Crippen LogP contribution in [0.3, 0.4) is 0 Å². The molecule has 0 spiro atoms. The molecule has 2 amide bonds. The number of hydrogen-bond donors (Lipinski definition) is 2. The SMILES string of the molecule is CC(=O)Nc1nc(COC(=O)c2ccccc2NC(=O)Cc2ccccc2)cs1. The van der Waals surface area contributed by atoms with Crippen LogP contribution in [0.15, 0.2) is 60.0 Å². The summed E-state index contributed by atoms with van der Waals surface area (Å²) in [7, 11) is 0. The van der Waals surface area contributed by atoms with Gasteiger partial charge in [-0.3, -0.25) is 9.59 Å². The molecule has 0 atom stereocenters. The molecule has 3 rings (SSSR count). The van der Waals surface area contributed by atoms with Crippen LogP contribution in [0.2, 0.25) is 0 Å². The van der Waals surface area contributed by atoms with Crippen LogP contribution in [0.5, 0.6) is 0 Å². The Morgan fingerprint density at radius 1 is 1.00 bits per heavy atom. The average Bonchev–Trinajstić information content (AvgIpc) is 3.14. The molecule has 29 heavy (non-hydrogen) atoms. The molecule has 0 aliphatic heterocycles. The van der Waals surface area contributed by atoms with Gasteiger partial charge in [0.25, 0.3) is 0 Å². The van der Waals surface area contributed by atoms with Crippen molar-refractivity contribution in [2.45, 2.75) is 20.0 Å². The van der Waals surface area contributed by atoms with Gasteiger partial charge in [0, 0.05) is 12.3 Å². The van der Waals surface area contributed by atoms with Crippen molar-refractivity contribution in [1.82, 2.24) is 4.98 Å². The van der Waals surface area contributed by atoms with E-state index in [2.05, 4.69) is 15.6 Å². The van der Waals surface area contributed by atoms with Crippen LogP contribution in [-0.2, 0) is 27.4 Å². The van der Waals surface area contributed by atoms with E-state index in [4.69, 9.17) is 4.74 Å². The number of carbonyl (C=O) groups excluding carboxylic acids is 3. The Bertz CT molecular complexity index is 1020. The molecule has 0 unspecified atom stereocenters. The summed E-state index contributed by atoms with van der Waals surface area (Å²) in [5.41, 5.74) is 2.04. The number of thiazole rings is 1. The van der Waals surface area contributed by atoms with E-state index in [0.717, 1.165) is 5.56 Å². The fraction of sp³-hybridized carbons (Fsp3) is 0.143. The molecule has 2 aromatic carbocycles. The van der Waals surface area contributed by atoms with Crippen molar-refractivity contribution >= 4 is 39.9 Å².